The van der Waals surface area contributed by atoms with E-state index in [1.54, 1.807) is 17.9 Å². The van der Waals surface area contributed by atoms with E-state index in [1.165, 1.54) is 7.11 Å². The molecule has 2 aromatic heterocycles. The minimum Gasteiger partial charge on any atom is -0.479 e. The molecule has 0 saturated heterocycles. The van der Waals surface area contributed by atoms with Crippen LogP contribution in [0.15, 0.2) is 36.7 Å². The number of nitrogens with zero attached hydrogens (tertiary/aromatic N) is 4. The van der Waals surface area contributed by atoms with Crippen molar-refractivity contribution in [2.45, 2.75) is 19.4 Å². The van der Waals surface area contributed by atoms with Crippen LogP contribution in [0.25, 0.3) is 11.3 Å². The van der Waals surface area contributed by atoms with E-state index in [0.717, 1.165) is 42.2 Å². The Balaban J connectivity index is 1.53. The number of aromatic nitrogens is 4. The van der Waals surface area contributed by atoms with Gasteiger partial charge in [0.2, 0.25) is 5.88 Å². The third-order valence-corrected chi connectivity index (χ3v) is 4.39. The van der Waals surface area contributed by atoms with Crippen LogP contribution in [0.3, 0.4) is 0 Å². The number of hydrogen-bond acceptors (Lipinski definition) is 4. The minimum atomic E-state index is -0.247. The summed E-state index contributed by atoms with van der Waals surface area (Å²) >= 11 is 0. The number of amides is 1. The molecule has 1 amide bonds. The molecule has 0 saturated carbocycles. The summed E-state index contributed by atoms with van der Waals surface area (Å²) in [6.07, 6.45) is 5.75. The normalized spacial score (nSPS) is 12.9. The van der Waals surface area contributed by atoms with Crippen LogP contribution >= 0.6 is 0 Å². The standard InChI is InChI=1S/C18H19N5O2/c1-22-11-14(18(21-22)25-2)17(24)20-13-7-5-12(6-8-13)15-10-19-16-4-3-9-23(15)16/h5-8,10-11H,3-4,9H2,1-2H3,(H,20,24). The van der Waals surface area contributed by atoms with Gasteiger partial charge >= 0.3 is 0 Å². The maximum atomic E-state index is 12.4. The van der Waals surface area contributed by atoms with Crippen LogP contribution < -0.4 is 10.1 Å². The molecule has 0 unspecified atom stereocenters. The zero-order chi connectivity index (χ0) is 17.4. The van der Waals surface area contributed by atoms with E-state index in [2.05, 4.69) is 20.0 Å². The predicted octanol–water partition coefficient (Wildman–Crippen LogP) is 2.49. The number of fused-ring (bicyclic) bond motifs is 1. The van der Waals surface area contributed by atoms with E-state index in [0.29, 0.717) is 11.4 Å². The van der Waals surface area contributed by atoms with Crippen LogP contribution in [0, 0.1) is 0 Å². The number of carbonyl (C=O) groups excluding carboxylic acids is 1. The molecule has 4 rings (SSSR count). The minimum absolute atomic E-state index is 0.247. The predicted molar refractivity (Wildman–Crippen MR) is 93.7 cm³/mol. The van der Waals surface area contributed by atoms with Crippen molar-refractivity contribution < 1.29 is 9.53 Å². The van der Waals surface area contributed by atoms with Crippen molar-refractivity contribution in [1.29, 1.82) is 0 Å². The maximum absolute atomic E-state index is 12.4. The van der Waals surface area contributed by atoms with Gasteiger partial charge in [-0.15, -0.1) is 5.10 Å². The molecule has 0 bridgehead atoms. The van der Waals surface area contributed by atoms with E-state index >= 15 is 0 Å². The SMILES string of the molecule is COc1nn(C)cc1C(=O)Nc1ccc(-c2cnc3n2CCC3)cc1. The van der Waals surface area contributed by atoms with Crippen molar-refractivity contribution in [2.24, 2.45) is 7.05 Å². The van der Waals surface area contributed by atoms with E-state index in [-0.39, 0.29) is 5.91 Å². The highest BCUT2D eigenvalue weighted by Gasteiger charge is 2.18. The number of nitrogens with one attached hydrogen (secondary N) is 1. The van der Waals surface area contributed by atoms with Gasteiger partial charge in [-0.2, -0.15) is 0 Å². The fraction of sp³-hybridized carbons (Fsp3) is 0.278. The third-order valence-electron chi connectivity index (χ3n) is 4.39. The molecule has 0 fully saturated rings. The quantitative estimate of drug-likeness (QED) is 0.794. The van der Waals surface area contributed by atoms with E-state index in [4.69, 9.17) is 4.74 Å². The summed E-state index contributed by atoms with van der Waals surface area (Å²) in [6, 6.07) is 7.79. The largest absolute Gasteiger partial charge is 0.479 e. The monoisotopic (exact) mass is 337 g/mol. The van der Waals surface area contributed by atoms with Gasteiger partial charge in [0.05, 0.1) is 19.0 Å². The second kappa shape index (κ2) is 6.08. The van der Waals surface area contributed by atoms with E-state index in [9.17, 15) is 4.79 Å². The molecular weight excluding hydrogens is 318 g/mol. The van der Waals surface area contributed by atoms with Gasteiger partial charge in [-0.3, -0.25) is 9.48 Å². The van der Waals surface area contributed by atoms with Crippen LogP contribution in [-0.2, 0) is 20.0 Å². The van der Waals surface area contributed by atoms with Gasteiger partial charge in [0.25, 0.3) is 5.91 Å². The van der Waals surface area contributed by atoms with Gasteiger partial charge in [-0.1, -0.05) is 12.1 Å². The number of anilines is 1. The van der Waals surface area contributed by atoms with Gasteiger partial charge in [0.1, 0.15) is 11.4 Å². The number of rotatable bonds is 4. The van der Waals surface area contributed by atoms with E-state index < -0.39 is 0 Å². The highest BCUT2D eigenvalue weighted by molar-refractivity contribution is 6.05. The lowest BCUT2D eigenvalue weighted by Crippen LogP contribution is -2.12. The number of imidazole rings is 1. The van der Waals surface area contributed by atoms with Gasteiger partial charge < -0.3 is 14.6 Å². The summed E-state index contributed by atoms with van der Waals surface area (Å²) in [5.41, 5.74) is 3.35. The number of carbonyl (C=O) groups is 1. The average Bonchev–Trinajstić information content (AvgIpc) is 3.30. The Morgan fingerprint density at radius 1 is 1.28 bits per heavy atom. The third kappa shape index (κ3) is 2.77. The average molecular weight is 337 g/mol. The summed E-state index contributed by atoms with van der Waals surface area (Å²) in [5.74, 6) is 1.21. The zero-order valence-corrected chi connectivity index (χ0v) is 14.2. The van der Waals surface area contributed by atoms with Gasteiger partial charge in [-0.25, -0.2) is 4.98 Å². The molecule has 0 aliphatic carbocycles. The van der Waals surface area contributed by atoms with Crippen LogP contribution in [0.4, 0.5) is 5.69 Å². The first-order chi connectivity index (χ1) is 12.2. The second-order valence-corrected chi connectivity index (χ2v) is 6.07. The van der Waals surface area contributed by atoms with Crippen molar-refractivity contribution in [3.05, 3.63) is 48.0 Å². The fourth-order valence-corrected chi connectivity index (χ4v) is 3.19. The summed E-state index contributed by atoms with van der Waals surface area (Å²) in [7, 11) is 3.25. The van der Waals surface area contributed by atoms with Crippen LogP contribution in [0.2, 0.25) is 0 Å². The molecule has 3 aromatic rings. The summed E-state index contributed by atoms with van der Waals surface area (Å²) in [6.45, 7) is 1.02. The molecule has 7 heteroatoms. The van der Waals surface area contributed by atoms with Crippen molar-refractivity contribution in [3.63, 3.8) is 0 Å². The number of benzene rings is 1. The molecule has 1 aliphatic heterocycles. The fourth-order valence-electron chi connectivity index (χ4n) is 3.19. The molecule has 0 radical (unpaired) electrons. The lowest BCUT2D eigenvalue weighted by atomic mass is 10.1. The molecular formula is C18H19N5O2. The number of ether oxygens (including phenoxy) is 1. The molecule has 128 valence electrons. The second-order valence-electron chi connectivity index (χ2n) is 6.07. The van der Waals surface area contributed by atoms with Crippen LogP contribution in [0.1, 0.15) is 22.6 Å². The van der Waals surface area contributed by atoms with Crippen LogP contribution in [0.5, 0.6) is 5.88 Å². The highest BCUT2D eigenvalue weighted by atomic mass is 16.5. The number of hydrogen-bond donors (Lipinski definition) is 1. The Morgan fingerprint density at radius 2 is 2.08 bits per heavy atom. The Bertz CT molecular complexity index is 924. The number of aryl methyl sites for hydroxylation is 2. The molecule has 3 heterocycles. The van der Waals surface area contributed by atoms with E-state index in [1.807, 2.05) is 30.5 Å². The molecule has 1 aromatic carbocycles. The first kappa shape index (κ1) is 15.4. The molecule has 1 N–H and O–H groups in total. The summed E-state index contributed by atoms with van der Waals surface area (Å²) in [4.78, 5) is 16.9. The Labute approximate surface area is 145 Å². The topological polar surface area (TPSA) is 74.0 Å². The van der Waals surface area contributed by atoms with Crippen molar-refractivity contribution in [2.75, 3.05) is 12.4 Å². The first-order valence-electron chi connectivity index (χ1n) is 8.19. The maximum Gasteiger partial charge on any atom is 0.262 e. The lowest BCUT2D eigenvalue weighted by Gasteiger charge is -2.08. The van der Waals surface area contributed by atoms with Crippen LogP contribution in [-0.4, -0.2) is 32.3 Å². The zero-order valence-electron chi connectivity index (χ0n) is 14.2. The van der Waals surface area contributed by atoms with Crippen molar-refractivity contribution in [1.82, 2.24) is 19.3 Å². The summed E-state index contributed by atoms with van der Waals surface area (Å²) in [5, 5.41) is 6.97. The number of methoxy groups -OCH3 is 1. The Hall–Kier alpha value is -3.09. The molecule has 7 nitrogen and oxygen atoms in total. The molecule has 25 heavy (non-hydrogen) atoms. The highest BCUT2D eigenvalue weighted by Crippen LogP contribution is 2.27. The first-order valence-corrected chi connectivity index (χ1v) is 8.19. The van der Waals surface area contributed by atoms with Gasteiger partial charge in [0, 0.05) is 31.9 Å². The lowest BCUT2D eigenvalue weighted by molar-refractivity contribution is 0.102. The molecule has 0 atom stereocenters. The van der Waals surface area contributed by atoms with Gasteiger partial charge in [0.15, 0.2) is 0 Å². The molecule has 1 aliphatic rings. The Morgan fingerprint density at radius 3 is 2.84 bits per heavy atom. The summed E-state index contributed by atoms with van der Waals surface area (Å²) < 4.78 is 8.94. The smallest absolute Gasteiger partial charge is 0.262 e. The molecule has 0 spiro atoms. The van der Waals surface area contributed by atoms with Gasteiger partial charge in [-0.05, 0) is 24.1 Å². The van der Waals surface area contributed by atoms with Crippen molar-refractivity contribution >= 4 is 11.6 Å². The van der Waals surface area contributed by atoms with Crippen molar-refractivity contribution in [3.8, 4) is 17.1 Å². The Kier molecular flexibility index (Phi) is 3.76.